The Hall–Kier alpha value is -3.96. The van der Waals surface area contributed by atoms with Crippen molar-refractivity contribution < 1.29 is 19.4 Å². The van der Waals surface area contributed by atoms with Crippen molar-refractivity contribution in [3.8, 4) is 45.1 Å². The van der Waals surface area contributed by atoms with Crippen molar-refractivity contribution in [1.29, 1.82) is 0 Å². The lowest BCUT2D eigenvalue weighted by Gasteiger charge is -2.16. The van der Waals surface area contributed by atoms with Crippen molar-refractivity contribution in [1.82, 2.24) is 25.9 Å². The van der Waals surface area contributed by atoms with E-state index in [0.717, 1.165) is 39.6 Å². The van der Waals surface area contributed by atoms with Crippen molar-refractivity contribution >= 4 is 51.6 Å². The topological polar surface area (TPSA) is 118 Å². The van der Waals surface area contributed by atoms with Gasteiger partial charge in [-0.1, -0.05) is 65.1 Å². The number of hydrogen-bond donors (Lipinski definition) is 4. The molecular weight excluding hydrogens is 697 g/mol. The number of ether oxygens (including phenoxy) is 2. The van der Waals surface area contributed by atoms with Crippen molar-refractivity contribution in [3.63, 3.8) is 0 Å². The number of aliphatic hydroxyl groups excluding tert-OH is 1. The molecule has 12 heteroatoms. The fraction of sp³-hybridized carbons (Fsp3) is 0.289. The van der Waals surface area contributed by atoms with Gasteiger partial charge in [0.2, 0.25) is 5.91 Å². The number of rotatable bonds is 13. The number of halogens is 3. The number of methoxy groups -OCH3 is 2. The van der Waals surface area contributed by atoms with Crippen LogP contribution in [0.25, 0.3) is 44.5 Å². The minimum Gasteiger partial charge on any atom is -0.496 e. The van der Waals surface area contributed by atoms with Gasteiger partial charge in [-0.2, -0.15) is 0 Å². The van der Waals surface area contributed by atoms with Crippen molar-refractivity contribution in [2.24, 2.45) is 0 Å². The van der Waals surface area contributed by atoms with Crippen LogP contribution < -0.4 is 25.4 Å². The van der Waals surface area contributed by atoms with E-state index < -0.39 is 6.10 Å². The van der Waals surface area contributed by atoms with Gasteiger partial charge in [0.15, 0.2) is 0 Å². The highest BCUT2D eigenvalue weighted by Crippen LogP contribution is 2.43. The van der Waals surface area contributed by atoms with E-state index >= 15 is 0 Å². The summed E-state index contributed by atoms with van der Waals surface area (Å²) in [5, 5.41) is 21.4. The smallest absolute Gasteiger partial charge is 0.220 e. The Labute approximate surface area is 306 Å². The zero-order valence-corrected chi connectivity index (χ0v) is 30.2. The summed E-state index contributed by atoms with van der Waals surface area (Å²) in [7, 11) is 3.25. The van der Waals surface area contributed by atoms with E-state index in [4.69, 9.17) is 49.3 Å². The summed E-state index contributed by atoms with van der Waals surface area (Å²) in [5.41, 5.74) is 6.64. The van der Waals surface area contributed by atoms with Crippen LogP contribution in [0.5, 0.6) is 11.5 Å². The van der Waals surface area contributed by atoms with Crippen LogP contribution in [0.15, 0.2) is 66.9 Å². The second kappa shape index (κ2) is 15.9. The maximum atomic E-state index is 11.5. The average Bonchev–Trinajstić information content (AvgIpc) is 3.53. The van der Waals surface area contributed by atoms with E-state index in [2.05, 4.69) is 20.9 Å². The molecule has 260 valence electrons. The Kier molecular flexibility index (Phi) is 11.4. The second-order valence-electron chi connectivity index (χ2n) is 12.3. The number of hydrogen-bond acceptors (Lipinski definition) is 8. The molecule has 1 amide bonds. The minimum atomic E-state index is -0.474. The van der Waals surface area contributed by atoms with Gasteiger partial charge in [0.1, 0.15) is 11.5 Å². The summed E-state index contributed by atoms with van der Waals surface area (Å²) < 4.78 is 11.5. The highest BCUT2D eigenvalue weighted by molar-refractivity contribution is 6.39. The number of nitrogens with one attached hydrogen (secondary N) is 3. The lowest BCUT2D eigenvalue weighted by Crippen LogP contribution is -2.35. The molecule has 0 bridgehead atoms. The standard InChI is InChI=1S/C38H38Cl3N5O4/c1-21(47)17-42-19-24-15-30(39)37-29(38(24)50-3)10-11-31(46-37)28-6-4-5-26(34(28)40)27-13-14-44-36(35(27)41)22-7-8-23(32(16-22)49-2)18-43-20-25-9-12-33(48)45-25/h4-8,10-11,13-16,21,25,42-43,47H,9,12,17-20H2,1-3H3,(H,45,48)/t21?,25-/m1/s1. The minimum absolute atomic E-state index is 0.100. The number of aliphatic hydroxyl groups is 1. The summed E-state index contributed by atoms with van der Waals surface area (Å²) >= 11 is 21.0. The van der Waals surface area contributed by atoms with Crippen LogP contribution in [0.3, 0.4) is 0 Å². The van der Waals surface area contributed by atoms with Gasteiger partial charge in [0.05, 0.1) is 52.3 Å². The maximum Gasteiger partial charge on any atom is 0.220 e. The molecule has 1 saturated heterocycles. The first-order valence-electron chi connectivity index (χ1n) is 16.3. The van der Waals surface area contributed by atoms with E-state index in [1.54, 1.807) is 27.3 Å². The summed E-state index contributed by atoms with van der Waals surface area (Å²) in [6, 6.07) is 19.3. The molecule has 3 aromatic carbocycles. The SMILES string of the molecule is COc1cc(-c2nccc(-c3cccc(-c4ccc5c(OC)c(CNCC(C)O)cc(Cl)c5n4)c3Cl)c2Cl)ccc1CNC[C@H]1CCC(=O)N1. The van der Waals surface area contributed by atoms with Crippen LogP contribution in [0, 0.1) is 0 Å². The molecule has 2 atom stereocenters. The molecule has 1 aliphatic rings. The third-order valence-corrected chi connectivity index (χ3v) is 9.80. The van der Waals surface area contributed by atoms with Crippen LogP contribution in [-0.2, 0) is 17.9 Å². The summed E-state index contributed by atoms with van der Waals surface area (Å²) in [5.74, 6) is 1.47. The van der Waals surface area contributed by atoms with E-state index in [1.165, 1.54) is 0 Å². The van der Waals surface area contributed by atoms with Gasteiger partial charge in [-0.05, 0) is 43.7 Å². The highest BCUT2D eigenvalue weighted by atomic mass is 35.5. The number of aromatic nitrogens is 2. The summed E-state index contributed by atoms with van der Waals surface area (Å²) in [6.07, 6.45) is 2.65. The fourth-order valence-electron chi connectivity index (χ4n) is 6.26. The average molecular weight is 735 g/mol. The maximum absolute atomic E-state index is 11.5. The predicted molar refractivity (Wildman–Crippen MR) is 200 cm³/mol. The molecule has 2 aromatic heterocycles. The third kappa shape index (κ3) is 7.68. The molecular formula is C38H38Cl3N5O4. The molecule has 1 unspecified atom stereocenters. The van der Waals surface area contributed by atoms with Gasteiger partial charge in [0.25, 0.3) is 0 Å². The van der Waals surface area contributed by atoms with Crippen molar-refractivity contribution in [3.05, 3.63) is 93.1 Å². The van der Waals surface area contributed by atoms with E-state index in [9.17, 15) is 9.90 Å². The van der Waals surface area contributed by atoms with E-state index in [1.807, 2.05) is 60.7 Å². The number of amides is 1. The Balaban J connectivity index is 1.28. The molecule has 6 rings (SSSR count). The predicted octanol–water partition coefficient (Wildman–Crippen LogP) is 7.45. The highest BCUT2D eigenvalue weighted by Gasteiger charge is 2.21. The molecule has 50 heavy (non-hydrogen) atoms. The fourth-order valence-corrected chi connectivity index (χ4v) is 7.19. The number of carbonyl (C=O) groups is 1. The first kappa shape index (κ1) is 35.9. The van der Waals surface area contributed by atoms with Crippen LogP contribution in [0.2, 0.25) is 15.1 Å². The summed E-state index contributed by atoms with van der Waals surface area (Å²) in [4.78, 5) is 21.1. The van der Waals surface area contributed by atoms with Gasteiger partial charge in [-0.15, -0.1) is 0 Å². The van der Waals surface area contributed by atoms with Crippen LogP contribution >= 0.6 is 34.8 Å². The van der Waals surface area contributed by atoms with Crippen LogP contribution in [0.1, 0.15) is 30.9 Å². The summed E-state index contributed by atoms with van der Waals surface area (Å²) in [6.45, 7) is 3.91. The molecule has 0 radical (unpaired) electrons. The first-order chi connectivity index (χ1) is 24.2. The molecule has 4 N–H and O–H groups in total. The van der Waals surface area contributed by atoms with Gasteiger partial charge >= 0.3 is 0 Å². The number of pyridine rings is 2. The molecule has 0 spiro atoms. The van der Waals surface area contributed by atoms with Gasteiger partial charge in [-0.25, -0.2) is 4.98 Å². The largest absolute Gasteiger partial charge is 0.496 e. The van der Waals surface area contributed by atoms with Crippen molar-refractivity contribution in [2.75, 3.05) is 27.3 Å². The Morgan fingerprint density at radius 1 is 0.940 bits per heavy atom. The molecule has 5 aromatic rings. The number of carbonyl (C=O) groups excluding carboxylic acids is 1. The lowest BCUT2D eigenvalue weighted by molar-refractivity contribution is -0.119. The zero-order chi connectivity index (χ0) is 35.4. The van der Waals surface area contributed by atoms with Gasteiger partial charge < -0.3 is 30.5 Å². The number of nitrogens with zero attached hydrogens (tertiary/aromatic N) is 2. The monoisotopic (exact) mass is 733 g/mol. The number of fused-ring (bicyclic) bond motifs is 1. The third-order valence-electron chi connectivity index (χ3n) is 8.72. The van der Waals surface area contributed by atoms with E-state index in [0.29, 0.717) is 81.6 Å². The van der Waals surface area contributed by atoms with Gasteiger partial charge in [-0.3, -0.25) is 9.78 Å². The van der Waals surface area contributed by atoms with Crippen LogP contribution in [0.4, 0.5) is 0 Å². The Morgan fingerprint density at radius 3 is 2.46 bits per heavy atom. The quantitative estimate of drug-likeness (QED) is 0.0987. The molecule has 3 heterocycles. The second-order valence-corrected chi connectivity index (χ2v) is 13.4. The molecule has 0 saturated carbocycles. The molecule has 1 aliphatic heterocycles. The lowest BCUT2D eigenvalue weighted by atomic mass is 9.99. The Morgan fingerprint density at radius 2 is 1.72 bits per heavy atom. The van der Waals surface area contributed by atoms with E-state index in [-0.39, 0.29) is 11.9 Å². The zero-order valence-electron chi connectivity index (χ0n) is 27.9. The van der Waals surface area contributed by atoms with Crippen LogP contribution in [-0.4, -0.2) is 60.4 Å². The number of benzene rings is 3. The van der Waals surface area contributed by atoms with Crippen molar-refractivity contribution in [2.45, 2.75) is 45.0 Å². The Bertz CT molecular complexity index is 2040. The molecule has 9 nitrogen and oxygen atoms in total. The molecule has 1 fully saturated rings. The van der Waals surface area contributed by atoms with Gasteiger partial charge in [0, 0.05) is 83.6 Å². The first-order valence-corrected chi connectivity index (χ1v) is 17.5. The molecule has 0 aliphatic carbocycles. The normalized spacial score (nSPS) is 14.9.